The molecule has 176 valence electrons. The first kappa shape index (κ1) is 22.9. The molecule has 0 aliphatic rings. The summed E-state index contributed by atoms with van der Waals surface area (Å²) in [6, 6.07) is 21.1. The van der Waals surface area contributed by atoms with Crippen LogP contribution in [0, 0.1) is 6.92 Å². The number of hydrogen-bond acceptors (Lipinski definition) is 5. The third-order valence-electron chi connectivity index (χ3n) is 5.12. The monoisotopic (exact) mass is 540 g/mol. The van der Waals surface area contributed by atoms with Crippen molar-refractivity contribution < 1.29 is 22.3 Å². The number of alkyl halides is 3. The van der Waals surface area contributed by atoms with Gasteiger partial charge in [0.15, 0.2) is 0 Å². The Bertz CT molecular complexity index is 1480. The molecule has 0 amide bonds. The van der Waals surface area contributed by atoms with Gasteiger partial charge in [-0.2, -0.15) is 23.0 Å². The standard InChI is InChI=1S/C25H16BrF3N4O2/c1-15-21(23-31-30-22(35-23)16-10-12-18(26)13-11-16)24(33(32-15)19-7-3-2-4-8-19)34-20-9-5-6-17(14-20)25(27,28)29/h2-14H,1H3. The van der Waals surface area contributed by atoms with Gasteiger partial charge in [0.1, 0.15) is 11.3 Å². The minimum atomic E-state index is -4.51. The van der Waals surface area contributed by atoms with Crippen molar-refractivity contribution in [2.45, 2.75) is 13.1 Å². The lowest BCUT2D eigenvalue weighted by atomic mass is 10.2. The molecule has 5 aromatic rings. The van der Waals surface area contributed by atoms with Crippen LogP contribution in [-0.4, -0.2) is 20.0 Å². The van der Waals surface area contributed by atoms with Crippen molar-refractivity contribution in [1.29, 1.82) is 0 Å². The molecule has 0 N–H and O–H groups in total. The quantitative estimate of drug-likeness (QED) is 0.231. The average molecular weight is 541 g/mol. The van der Waals surface area contributed by atoms with Gasteiger partial charge < -0.3 is 9.15 Å². The summed E-state index contributed by atoms with van der Waals surface area (Å²) >= 11 is 3.39. The van der Waals surface area contributed by atoms with Gasteiger partial charge >= 0.3 is 6.18 Å². The molecule has 0 saturated heterocycles. The zero-order chi connectivity index (χ0) is 24.6. The van der Waals surface area contributed by atoms with Crippen molar-refractivity contribution in [3.8, 4) is 40.2 Å². The first-order valence-corrected chi connectivity index (χ1v) is 11.2. The minimum absolute atomic E-state index is 0.00851. The second-order valence-corrected chi connectivity index (χ2v) is 8.48. The lowest BCUT2D eigenvalue weighted by Crippen LogP contribution is -2.05. The molecular weight excluding hydrogens is 525 g/mol. The molecule has 35 heavy (non-hydrogen) atoms. The Labute approximate surface area is 206 Å². The summed E-state index contributed by atoms with van der Waals surface area (Å²) in [6.07, 6.45) is -4.51. The maximum atomic E-state index is 13.3. The molecule has 0 fully saturated rings. The van der Waals surface area contributed by atoms with Gasteiger partial charge in [0.25, 0.3) is 5.89 Å². The molecule has 2 heterocycles. The Morgan fingerprint density at radius 1 is 0.886 bits per heavy atom. The van der Waals surface area contributed by atoms with Crippen molar-refractivity contribution >= 4 is 15.9 Å². The highest BCUT2D eigenvalue weighted by Crippen LogP contribution is 2.39. The molecule has 0 spiro atoms. The van der Waals surface area contributed by atoms with Gasteiger partial charge in [-0.05, 0) is 61.5 Å². The van der Waals surface area contributed by atoms with E-state index in [1.807, 2.05) is 42.5 Å². The molecule has 3 aromatic carbocycles. The van der Waals surface area contributed by atoms with Gasteiger partial charge in [-0.1, -0.05) is 40.2 Å². The summed E-state index contributed by atoms with van der Waals surface area (Å²) in [5.41, 5.74) is 1.41. The summed E-state index contributed by atoms with van der Waals surface area (Å²) in [6.45, 7) is 1.73. The van der Waals surface area contributed by atoms with Gasteiger partial charge in [0.2, 0.25) is 11.8 Å². The Hall–Kier alpha value is -3.92. The fraction of sp³-hybridized carbons (Fsp3) is 0.0800. The molecule has 6 nitrogen and oxygen atoms in total. The van der Waals surface area contributed by atoms with E-state index in [1.54, 1.807) is 19.1 Å². The van der Waals surface area contributed by atoms with Crippen molar-refractivity contribution in [3.63, 3.8) is 0 Å². The van der Waals surface area contributed by atoms with Crippen LogP contribution in [0.2, 0.25) is 0 Å². The average Bonchev–Trinajstić information content (AvgIpc) is 3.44. The van der Waals surface area contributed by atoms with E-state index in [4.69, 9.17) is 9.15 Å². The van der Waals surface area contributed by atoms with E-state index >= 15 is 0 Å². The third kappa shape index (κ3) is 4.69. The third-order valence-corrected chi connectivity index (χ3v) is 5.65. The maximum Gasteiger partial charge on any atom is 0.416 e. The zero-order valence-electron chi connectivity index (χ0n) is 18.1. The number of aryl methyl sites for hydroxylation is 1. The summed E-state index contributed by atoms with van der Waals surface area (Å²) in [5.74, 6) is 0.554. The van der Waals surface area contributed by atoms with E-state index in [-0.39, 0.29) is 23.4 Å². The van der Waals surface area contributed by atoms with Crippen LogP contribution in [0.15, 0.2) is 87.8 Å². The second kappa shape index (κ2) is 9.03. The number of hydrogen-bond donors (Lipinski definition) is 0. The van der Waals surface area contributed by atoms with E-state index in [0.717, 1.165) is 16.6 Å². The molecule has 0 saturated carbocycles. The Balaban J connectivity index is 1.62. The molecular formula is C25H16BrF3N4O2. The molecule has 0 aliphatic heterocycles. The number of ether oxygens (including phenoxy) is 1. The van der Waals surface area contributed by atoms with Crippen LogP contribution in [0.4, 0.5) is 13.2 Å². The summed E-state index contributed by atoms with van der Waals surface area (Å²) in [7, 11) is 0. The van der Waals surface area contributed by atoms with Crippen LogP contribution >= 0.6 is 15.9 Å². The first-order valence-electron chi connectivity index (χ1n) is 10.4. The van der Waals surface area contributed by atoms with Crippen molar-refractivity contribution in [2.75, 3.05) is 0 Å². The number of halogens is 4. The van der Waals surface area contributed by atoms with Gasteiger partial charge in [0.05, 0.1) is 16.9 Å². The zero-order valence-corrected chi connectivity index (χ0v) is 19.7. The Morgan fingerprint density at radius 3 is 2.31 bits per heavy atom. The Kier molecular flexibility index (Phi) is 5.89. The number of aromatic nitrogens is 4. The number of nitrogens with zero attached hydrogens (tertiary/aromatic N) is 4. The lowest BCUT2D eigenvalue weighted by molar-refractivity contribution is -0.137. The topological polar surface area (TPSA) is 66.0 Å². The van der Waals surface area contributed by atoms with Crippen LogP contribution in [0.5, 0.6) is 11.6 Å². The SMILES string of the molecule is Cc1nn(-c2ccccc2)c(Oc2cccc(C(F)(F)F)c2)c1-c1nnc(-c2ccc(Br)cc2)o1. The maximum absolute atomic E-state index is 13.3. The number of rotatable bonds is 5. The molecule has 0 aliphatic carbocycles. The first-order chi connectivity index (χ1) is 16.8. The van der Waals surface area contributed by atoms with Gasteiger partial charge in [0, 0.05) is 10.0 Å². The second-order valence-electron chi connectivity index (χ2n) is 7.56. The molecule has 5 rings (SSSR count). The molecule has 10 heteroatoms. The van der Waals surface area contributed by atoms with Gasteiger partial charge in [-0.15, -0.1) is 10.2 Å². The number of para-hydroxylation sites is 1. The summed E-state index contributed by atoms with van der Waals surface area (Å²) in [5, 5.41) is 12.9. The largest absolute Gasteiger partial charge is 0.438 e. The highest BCUT2D eigenvalue weighted by Gasteiger charge is 2.31. The smallest absolute Gasteiger partial charge is 0.416 e. The van der Waals surface area contributed by atoms with E-state index in [1.165, 1.54) is 16.8 Å². The molecule has 0 radical (unpaired) electrons. The summed E-state index contributed by atoms with van der Waals surface area (Å²) in [4.78, 5) is 0. The van der Waals surface area contributed by atoms with Crippen molar-refractivity contribution in [1.82, 2.24) is 20.0 Å². The fourth-order valence-electron chi connectivity index (χ4n) is 3.47. The van der Waals surface area contributed by atoms with E-state index < -0.39 is 11.7 Å². The van der Waals surface area contributed by atoms with Crippen LogP contribution in [-0.2, 0) is 6.18 Å². The van der Waals surface area contributed by atoms with Crippen LogP contribution in [0.3, 0.4) is 0 Å². The van der Waals surface area contributed by atoms with Gasteiger partial charge in [-0.3, -0.25) is 0 Å². The van der Waals surface area contributed by atoms with Crippen LogP contribution in [0.1, 0.15) is 11.3 Å². The predicted octanol–water partition coefficient (Wildman–Crippen LogP) is 7.47. The highest BCUT2D eigenvalue weighted by atomic mass is 79.9. The predicted molar refractivity (Wildman–Crippen MR) is 126 cm³/mol. The van der Waals surface area contributed by atoms with E-state index in [0.29, 0.717) is 22.5 Å². The van der Waals surface area contributed by atoms with Crippen LogP contribution < -0.4 is 4.74 Å². The van der Waals surface area contributed by atoms with Crippen molar-refractivity contribution in [3.05, 3.63) is 94.6 Å². The minimum Gasteiger partial charge on any atom is -0.438 e. The van der Waals surface area contributed by atoms with E-state index in [9.17, 15) is 13.2 Å². The Morgan fingerprint density at radius 2 is 1.60 bits per heavy atom. The molecule has 0 bridgehead atoms. The lowest BCUT2D eigenvalue weighted by Gasteiger charge is -2.12. The van der Waals surface area contributed by atoms with Gasteiger partial charge in [-0.25, -0.2) is 0 Å². The fourth-order valence-corrected chi connectivity index (χ4v) is 3.74. The molecule has 0 unspecified atom stereocenters. The molecule has 2 aromatic heterocycles. The summed E-state index contributed by atoms with van der Waals surface area (Å²) < 4.78 is 54.2. The normalized spacial score (nSPS) is 11.6. The van der Waals surface area contributed by atoms with E-state index in [2.05, 4.69) is 31.2 Å². The van der Waals surface area contributed by atoms with Crippen LogP contribution in [0.25, 0.3) is 28.6 Å². The molecule has 0 atom stereocenters. The number of benzene rings is 3. The van der Waals surface area contributed by atoms with Crippen molar-refractivity contribution in [2.24, 2.45) is 0 Å². The highest BCUT2D eigenvalue weighted by molar-refractivity contribution is 9.10.